The normalized spacial score (nSPS) is 14.6. The number of piperazine rings is 1. The van der Waals surface area contributed by atoms with Crippen molar-refractivity contribution in [2.24, 2.45) is 0 Å². The first-order chi connectivity index (χ1) is 14.5. The summed E-state index contributed by atoms with van der Waals surface area (Å²) >= 11 is 1.43. The van der Waals surface area contributed by atoms with E-state index >= 15 is 0 Å². The lowest BCUT2D eigenvalue weighted by Crippen LogP contribution is -2.51. The lowest BCUT2D eigenvalue weighted by Gasteiger charge is -2.35. The molecule has 1 aromatic heterocycles. The van der Waals surface area contributed by atoms with Crippen LogP contribution in [0.1, 0.15) is 29.2 Å². The summed E-state index contributed by atoms with van der Waals surface area (Å²) in [5.74, 6) is 0.974. The van der Waals surface area contributed by atoms with Crippen LogP contribution in [-0.2, 0) is 4.79 Å². The third-order valence-corrected chi connectivity index (χ3v) is 6.66. The van der Waals surface area contributed by atoms with E-state index in [1.165, 1.54) is 11.3 Å². The Labute approximate surface area is 182 Å². The van der Waals surface area contributed by atoms with Crippen molar-refractivity contribution in [3.8, 4) is 16.3 Å². The summed E-state index contributed by atoms with van der Waals surface area (Å²) in [4.78, 5) is 36.6. The SMILES string of the molecule is CCN(CC)C(=O)CN1CCN(C(=O)c2sc(-c3ccc(OC)cc3)nc2C)CC1. The number of carbonyl (C=O) groups excluding carboxylic acids is 2. The minimum atomic E-state index is 0.0273. The second kappa shape index (κ2) is 10.0. The Morgan fingerprint density at radius 1 is 1.10 bits per heavy atom. The van der Waals surface area contributed by atoms with Crippen molar-refractivity contribution in [3.05, 3.63) is 34.8 Å². The highest BCUT2D eigenvalue weighted by molar-refractivity contribution is 7.17. The van der Waals surface area contributed by atoms with Gasteiger partial charge in [0.05, 0.1) is 19.3 Å². The maximum Gasteiger partial charge on any atom is 0.265 e. The van der Waals surface area contributed by atoms with E-state index in [2.05, 4.69) is 9.88 Å². The Hall–Kier alpha value is -2.45. The molecule has 30 heavy (non-hydrogen) atoms. The largest absolute Gasteiger partial charge is 0.497 e. The van der Waals surface area contributed by atoms with Crippen molar-refractivity contribution in [1.82, 2.24) is 19.7 Å². The van der Waals surface area contributed by atoms with Crippen molar-refractivity contribution in [3.63, 3.8) is 0 Å². The molecular formula is C22H30N4O3S. The molecule has 2 heterocycles. The van der Waals surface area contributed by atoms with Gasteiger partial charge in [0.1, 0.15) is 15.6 Å². The van der Waals surface area contributed by atoms with Crippen molar-refractivity contribution in [1.29, 1.82) is 0 Å². The summed E-state index contributed by atoms with van der Waals surface area (Å²) in [5, 5.41) is 0.835. The molecular weight excluding hydrogens is 400 g/mol. The molecule has 3 rings (SSSR count). The molecule has 0 saturated carbocycles. The summed E-state index contributed by atoms with van der Waals surface area (Å²) in [6.45, 7) is 10.4. The summed E-state index contributed by atoms with van der Waals surface area (Å²) < 4.78 is 5.20. The zero-order chi connectivity index (χ0) is 21.7. The maximum atomic E-state index is 13.1. The van der Waals surface area contributed by atoms with Crippen molar-refractivity contribution < 1.29 is 14.3 Å². The van der Waals surface area contributed by atoms with Crippen LogP contribution in [0, 0.1) is 6.92 Å². The fourth-order valence-electron chi connectivity index (χ4n) is 3.57. The van der Waals surface area contributed by atoms with Crippen LogP contribution in [0.25, 0.3) is 10.6 Å². The average Bonchev–Trinajstić information content (AvgIpc) is 3.16. The topological polar surface area (TPSA) is 66.0 Å². The number of aryl methyl sites for hydroxylation is 1. The Morgan fingerprint density at radius 3 is 2.30 bits per heavy atom. The molecule has 2 amide bonds. The van der Waals surface area contributed by atoms with Crippen LogP contribution in [0.5, 0.6) is 5.75 Å². The third-order valence-electron chi connectivity index (χ3n) is 5.46. The molecule has 1 aromatic carbocycles. The Kier molecular flexibility index (Phi) is 7.44. The van der Waals surface area contributed by atoms with E-state index < -0.39 is 0 Å². The van der Waals surface area contributed by atoms with E-state index in [9.17, 15) is 9.59 Å². The molecule has 2 aromatic rings. The molecule has 0 bridgehead atoms. The predicted octanol–water partition coefficient (Wildman–Crippen LogP) is 2.75. The van der Waals surface area contributed by atoms with E-state index in [-0.39, 0.29) is 11.8 Å². The van der Waals surface area contributed by atoms with Gasteiger partial charge in [-0.05, 0) is 45.0 Å². The number of hydrogen-bond acceptors (Lipinski definition) is 6. The molecule has 1 saturated heterocycles. The number of hydrogen-bond donors (Lipinski definition) is 0. The lowest BCUT2D eigenvalue weighted by atomic mass is 10.2. The summed E-state index contributed by atoms with van der Waals surface area (Å²) in [5.41, 5.74) is 1.73. The smallest absolute Gasteiger partial charge is 0.265 e. The Morgan fingerprint density at radius 2 is 1.73 bits per heavy atom. The van der Waals surface area contributed by atoms with E-state index in [0.717, 1.165) is 35.1 Å². The summed E-state index contributed by atoms with van der Waals surface area (Å²) in [7, 11) is 1.64. The highest BCUT2D eigenvalue weighted by atomic mass is 32.1. The fraction of sp³-hybridized carbons (Fsp3) is 0.500. The molecule has 8 heteroatoms. The van der Waals surface area contributed by atoms with E-state index in [1.54, 1.807) is 7.11 Å². The highest BCUT2D eigenvalue weighted by Gasteiger charge is 2.27. The van der Waals surface area contributed by atoms with Gasteiger partial charge in [-0.15, -0.1) is 11.3 Å². The van der Waals surface area contributed by atoms with Crippen LogP contribution >= 0.6 is 11.3 Å². The number of amides is 2. The first-order valence-electron chi connectivity index (χ1n) is 10.4. The van der Waals surface area contributed by atoms with Gasteiger partial charge in [0, 0.05) is 44.8 Å². The number of carbonyl (C=O) groups is 2. The van der Waals surface area contributed by atoms with Crippen LogP contribution in [0.3, 0.4) is 0 Å². The van der Waals surface area contributed by atoms with Crippen LogP contribution in [0.4, 0.5) is 0 Å². The minimum Gasteiger partial charge on any atom is -0.497 e. The van der Waals surface area contributed by atoms with Crippen LogP contribution in [0.15, 0.2) is 24.3 Å². The Bertz CT molecular complexity index is 869. The van der Waals surface area contributed by atoms with Gasteiger partial charge >= 0.3 is 0 Å². The van der Waals surface area contributed by atoms with E-state index in [4.69, 9.17) is 4.74 Å². The highest BCUT2D eigenvalue weighted by Crippen LogP contribution is 2.30. The van der Waals surface area contributed by atoms with Crippen LogP contribution in [-0.4, -0.2) is 84.4 Å². The van der Waals surface area contributed by atoms with Crippen LogP contribution < -0.4 is 4.74 Å². The molecule has 0 N–H and O–H groups in total. The molecule has 0 spiro atoms. The number of aromatic nitrogens is 1. The third kappa shape index (κ3) is 4.99. The van der Waals surface area contributed by atoms with Gasteiger partial charge in [-0.3, -0.25) is 14.5 Å². The van der Waals surface area contributed by atoms with Gasteiger partial charge in [-0.2, -0.15) is 0 Å². The first-order valence-corrected chi connectivity index (χ1v) is 11.2. The first kappa shape index (κ1) is 22.2. The maximum absolute atomic E-state index is 13.1. The van der Waals surface area contributed by atoms with Crippen molar-refractivity contribution >= 4 is 23.2 Å². The zero-order valence-electron chi connectivity index (χ0n) is 18.2. The monoisotopic (exact) mass is 430 g/mol. The number of rotatable bonds is 7. The number of benzene rings is 1. The van der Waals surface area contributed by atoms with Gasteiger partial charge in [-0.1, -0.05) is 0 Å². The fourth-order valence-corrected chi connectivity index (χ4v) is 4.61. The van der Waals surface area contributed by atoms with Crippen LogP contribution in [0.2, 0.25) is 0 Å². The molecule has 1 fully saturated rings. The van der Waals surface area contributed by atoms with Gasteiger partial charge in [0.25, 0.3) is 5.91 Å². The number of likely N-dealkylation sites (N-methyl/N-ethyl adjacent to an activating group) is 1. The van der Waals surface area contributed by atoms with Gasteiger partial charge < -0.3 is 14.5 Å². The molecule has 0 radical (unpaired) electrons. The van der Waals surface area contributed by atoms with Gasteiger partial charge in [-0.25, -0.2) is 4.98 Å². The summed E-state index contributed by atoms with van der Waals surface area (Å²) in [6.07, 6.45) is 0. The standard InChI is InChI=1S/C22H30N4O3S/c1-5-25(6-2)19(27)15-24-11-13-26(14-12-24)22(28)20-16(3)23-21(30-20)17-7-9-18(29-4)10-8-17/h7-10H,5-6,11-15H2,1-4H3. The molecule has 162 valence electrons. The molecule has 1 aliphatic heterocycles. The second-order valence-electron chi connectivity index (χ2n) is 7.30. The quantitative estimate of drug-likeness (QED) is 0.676. The average molecular weight is 431 g/mol. The zero-order valence-corrected chi connectivity index (χ0v) is 19.0. The van der Waals surface area contributed by atoms with Crippen molar-refractivity contribution in [2.45, 2.75) is 20.8 Å². The summed E-state index contributed by atoms with van der Waals surface area (Å²) in [6, 6.07) is 7.70. The molecule has 1 aliphatic rings. The molecule has 0 atom stereocenters. The number of methoxy groups -OCH3 is 1. The number of thiazole rings is 1. The molecule has 0 aliphatic carbocycles. The van der Waals surface area contributed by atoms with Crippen molar-refractivity contribution in [2.75, 3.05) is 52.9 Å². The predicted molar refractivity (Wildman–Crippen MR) is 119 cm³/mol. The van der Waals surface area contributed by atoms with E-state index in [1.807, 2.05) is 54.8 Å². The number of ether oxygens (including phenoxy) is 1. The lowest BCUT2D eigenvalue weighted by molar-refractivity contribution is -0.132. The van der Waals surface area contributed by atoms with E-state index in [0.29, 0.717) is 37.6 Å². The molecule has 0 unspecified atom stereocenters. The number of nitrogens with zero attached hydrogens (tertiary/aromatic N) is 4. The Balaban J connectivity index is 1.61. The minimum absolute atomic E-state index is 0.0273. The van der Waals surface area contributed by atoms with Gasteiger partial charge in [0.15, 0.2) is 0 Å². The molecule has 7 nitrogen and oxygen atoms in total. The van der Waals surface area contributed by atoms with Gasteiger partial charge in [0.2, 0.25) is 5.91 Å². The second-order valence-corrected chi connectivity index (χ2v) is 8.30.